The van der Waals surface area contributed by atoms with Gasteiger partial charge >= 0.3 is 0 Å². The van der Waals surface area contributed by atoms with E-state index in [1.807, 2.05) is 24.5 Å². The molecule has 4 rings (SSSR count). The Morgan fingerprint density at radius 1 is 0.900 bits per heavy atom. The summed E-state index contributed by atoms with van der Waals surface area (Å²) in [6.07, 6.45) is 9.43. The lowest BCUT2D eigenvalue weighted by molar-refractivity contribution is 0.708. The van der Waals surface area contributed by atoms with E-state index in [4.69, 9.17) is 0 Å². The van der Waals surface area contributed by atoms with Crippen LogP contribution in [0.1, 0.15) is 30.5 Å². The molecule has 2 heterocycles. The lowest BCUT2D eigenvalue weighted by Crippen LogP contribution is -2.06. The van der Waals surface area contributed by atoms with Crippen LogP contribution in [0.5, 0.6) is 0 Å². The van der Waals surface area contributed by atoms with Gasteiger partial charge in [-0.05, 0) is 37.8 Å². The lowest BCUT2D eigenvalue weighted by atomic mass is 10.1. The van der Waals surface area contributed by atoms with Crippen molar-refractivity contribution in [2.45, 2.75) is 32.1 Å². The normalized spacial score (nSPS) is 15.0. The largest absolute Gasteiger partial charge is 0.283 e. The zero-order chi connectivity index (χ0) is 13.4. The van der Waals surface area contributed by atoms with E-state index >= 15 is 0 Å². The highest BCUT2D eigenvalue weighted by Crippen LogP contribution is 2.25. The Morgan fingerprint density at radius 2 is 1.80 bits per heavy atom. The van der Waals surface area contributed by atoms with Crippen LogP contribution < -0.4 is 0 Å². The number of imidazole rings is 1. The van der Waals surface area contributed by atoms with Gasteiger partial charge in [0.1, 0.15) is 18.5 Å². The maximum absolute atomic E-state index is 4.54. The van der Waals surface area contributed by atoms with Gasteiger partial charge in [-0.15, -0.1) is 0 Å². The molecule has 0 saturated heterocycles. The number of aryl methyl sites for hydroxylation is 1. The summed E-state index contributed by atoms with van der Waals surface area (Å²) in [6, 6.07) is 8.18. The molecule has 0 saturated carbocycles. The fourth-order valence-electron chi connectivity index (χ4n) is 3.02. The van der Waals surface area contributed by atoms with Crippen molar-refractivity contribution in [2.24, 2.45) is 0 Å². The Kier molecular flexibility index (Phi) is 2.73. The van der Waals surface area contributed by atoms with E-state index in [2.05, 4.69) is 25.6 Å². The summed E-state index contributed by atoms with van der Waals surface area (Å²) in [4.78, 5) is 13.5. The van der Waals surface area contributed by atoms with Gasteiger partial charge in [-0.2, -0.15) is 0 Å². The molecule has 1 aliphatic carbocycles. The Labute approximate surface area is 117 Å². The van der Waals surface area contributed by atoms with E-state index in [1.54, 1.807) is 6.33 Å². The highest BCUT2D eigenvalue weighted by atomic mass is 15.1. The standard InChI is InChI=1S/C16H16N4/c1-2-6-12-13(7-3-1)17-10-18-16(12)20-11-19-14-8-4-5-9-15(14)20/h4-5,8-11H,1-3,6-7H2. The van der Waals surface area contributed by atoms with Gasteiger partial charge in [-0.1, -0.05) is 18.6 Å². The van der Waals surface area contributed by atoms with Crippen LogP contribution in [0.2, 0.25) is 0 Å². The number of hydrogen-bond donors (Lipinski definition) is 0. The molecule has 4 nitrogen and oxygen atoms in total. The van der Waals surface area contributed by atoms with Crippen LogP contribution in [0.4, 0.5) is 0 Å². The molecule has 0 bridgehead atoms. The molecule has 0 spiro atoms. The highest BCUT2D eigenvalue weighted by molar-refractivity contribution is 5.77. The van der Waals surface area contributed by atoms with E-state index in [0.29, 0.717) is 0 Å². The highest BCUT2D eigenvalue weighted by Gasteiger charge is 2.16. The molecular formula is C16H16N4. The van der Waals surface area contributed by atoms with Gasteiger partial charge in [0.25, 0.3) is 0 Å². The monoisotopic (exact) mass is 264 g/mol. The van der Waals surface area contributed by atoms with Crippen LogP contribution in [0.3, 0.4) is 0 Å². The second-order valence-corrected chi connectivity index (χ2v) is 5.29. The third-order valence-electron chi connectivity index (χ3n) is 4.03. The predicted octanol–water partition coefficient (Wildman–Crippen LogP) is 3.08. The molecule has 2 aromatic heterocycles. The molecular weight excluding hydrogens is 248 g/mol. The maximum Gasteiger partial charge on any atom is 0.145 e. The van der Waals surface area contributed by atoms with Crippen LogP contribution in [0.15, 0.2) is 36.9 Å². The quantitative estimate of drug-likeness (QED) is 0.634. The van der Waals surface area contributed by atoms with Crippen molar-refractivity contribution in [3.05, 3.63) is 48.2 Å². The number of fused-ring (bicyclic) bond motifs is 2. The Balaban J connectivity index is 1.94. The molecule has 0 radical (unpaired) electrons. The van der Waals surface area contributed by atoms with Gasteiger partial charge in [-0.25, -0.2) is 15.0 Å². The van der Waals surface area contributed by atoms with Gasteiger partial charge in [-0.3, -0.25) is 4.57 Å². The summed E-state index contributed by atoms with van der Waals surface area (Å²) < 4.78 is 2.10. The minimum absolute atomic E-state index is 1.01. The average molecular weight is 264 g/mol. The van der Waals surface area contributed by atoms with Crippen LogP contribution in [-0.4, -0.2) is 19.5 Å². The number of hydrogen-bond acceptors (Lipinski definition) is 3. The molecule has 1 aliphatic rings. The van der Waals surface area contributed by atoms with E-state index in [9.17, 15) is 0 Å². The second kappa shape index (κ2) is 4.71. The zero-order valence-electron chi connectivity index (χ0n) is 11.3. The number of benzene rings is 1. The van der Waals surface area contributed by atoms with Crippen molar-refractivity contribution in [1.29, 1.82) is 0 Å². The molecule has 0 amide bonds. The van der Waals surface area contributed by atoms with Crippen molar-refractivity contribution >= 4 is 11.0 Å². The van der Waals surface area contributed by atoms with E-state index in [0.717, 1.165) is 29.7 Å². The van der Waals surface area contributed by atoms with Crippen LogP contribution in [0, 0.1) is 0 Å². The molecule has 1 aromatic carbocycles. The Hall–Kier alpha value is -2.23. The predicted molar refractivity (Wildman–Crippen MR) is 77.9 cm³/mol. The number of nitrogens with zero attached hydrogens (tertiary/aromatic N) is 4. The van der Waals surface area contributed by atoms with E-state index < -0.39 is 0 Å². The molecule has 20 heavy (non-hydrogen) atoms. The molecule has 0 N–H and O–H groups in total. The van der Waals surface area contributed by atoms with Crippen molar-refractivity contribution in [3.63, 3.8) is 0 Å². The van der Waals surface area contributed by atoms with Crippen LogP contribution >= 0.6 is 0 Å². The Morgan fingerprint density at radius 3 is 2.80 bits per heavy atom. The molecule has 0 atom stereocenters. The summed E-state index contributed by atoms with van der Waals surface area (Å²) in [5.41, 5.74) is 4.63. The molecule has 3 aromatic rings. The molecule has 100 valence electrons. The number of rotatable bonds is 1. The number of para-hydroxylation sites is 2. The second-order valence-electron chi connectivity index (χ2n) is 5.29. The fourth-order valence-corrected chi connectivity index (χ4v) is 3.02. The van der Waals surface area contributed by atoms with Gasteiger partial charge in [0.2, 0.25) is 0 Å². The van der Waals surface area contributed by atoms with Gasteiger partial charge < -0.3 is 0 Å². The molecule has 4 heteroatoms. The van der Waals surface area contributed by atoms with Gasteiger partial charge in [0, 0.05) is 11.3 Å². The first-order chi connectivity index (χ1) is 9.93. The molecule has 0 unspecified atom stereocenters. The average Bonchev–Trinajstić information content (AvgIpc) is 2.76. The van der Waals surface area contributed by atoms with Crippen molar-refractivity contribution in [1.82, 2.24) is 19.5 Å². The smallest absolute Gasteiger partial charge is 0.145 e. The van der Waals surface area contributed by atoms with Crippen molar-refractivity contribution in [2.75, 3.05) is 0 Å². The third-order valence-corrected chi connectivity index (χ3v) is 4.03. The SMILES string of the molecule is c1ccc2c(c1)ncn2-c1ncnc2c1CCCCC2. The Bertz CT molecular complexity index is 760. The minimum atomic E-state index is 1.01. The molecule has 0 aliphatic heterocycles. The lowest BCUT2D eigenvalue weighted by Gasteiger charge is -2.11. The minimum Gasteiger partial charge on any atom is -0.283 e. The summed E-state index contributed by atoms with van der Waals surface area (Å²) in [5, 5.41) is 0. The summed E-state index contributed by atoms with van der Waals surface area (Å²) in [7, 11) is 0. The maximum atomic E-state index is 4.54. The third kappa shape index (κ3) is 1.80. The first-order valence-corrected chi connectivity index (χ1v) is 7.19. The first kappa shape index (κ1) is 11.6. The zero-order valence-corrected chi connectivity index (χ0v) is 11.3. The van der Waals surface area contributed by atoms with E-state index in [-0.39, 0.29) is 0 Å². The summed E-state index contributed by atoms with van der Waals surface area (Å²) in [5.74, 6) is 1.01. The topological polar surface area (TPSA) is 43.6 Å². The first-order valence-electron chi connectivity index (χ1n) is 7.19. The van der Waals surface area contributed by atoms with Gasteiger partial charge in [0.15, 0.2) is 0 Å². The van der Waals surface area contributed by atoms with Crippen molar-refractivity contribution < 1.29 is 0 Å². The van der Waals surface area contributed by atoms with Gasteiger partial charge in [0.05, 0.1) is 11.0 Å². The van der Waals surface area contributed by atoms with Crippen molar-refractivity contribution in [3.8, 4) is 5.82 Å². The fraction of sp³-hybridized carbons (Fsp3) is 0.312. The van der Waals surface area contributed by atoms with Crippen LogP contribution in [0.25, 0.3) is 16.9 Å². The summed E-state index contributed by atoms with van der Waals surface area (Å²) in [6.45, 7) is 0. The molecule has 0 fully saturated rings. The summed E-state index contributed by atoms with van der Waals surface area (Å²) >= 11 is 0. The van der Waals surface area contributed by atoms with E-state index in [1.165, 1.54) is 30.5 Å². The number of aromatic nitrogens is 4. The van der Waals surface area contributed by atoms with Crippen LogP contribution in [-0.2, 0) is 12.8 Å².